The number of anilines is 3. The molecule has 1 aromatic heterocycles. The number of ether oxygens (including phenoxy) is 1. The number of aldehydes is 1. The van der Waals surface area contributed by atoms with Crippen molar-refractivity contribution in [2.24, 2.45) is 0 Å². The number of aromatic nitrogens is 3. The molecule has 3 aromatic rings. The molecule has 2 aliphatic rings. The van der Waals surface area contributed by atoms with Gasteiger partial charge in [0.1, 0.15) is 5.75 Å². The van der Waals surface area contributed by atoms with E-state index in [1.165, 1.54) is 37.9 Å². The summed E-state index contributed by atoms with van der Waals surface area (Å²) in [6.07, 6.45) is 4.25. The Labute approximate surface area is 239 Å². The minimum absolute atomic E-state index is 0.310. The highest BCUT2D eigenvalue weighted by Crippen LogP contribution is 2.17. The molecule has 1 atom stereocenters. The number of nitrogens with one attached hydrogen (secondary N) is 4. The number of benzene rings is 2. The molecule has 12 nitrogen and oxygen atoms in total. The summed E-state index contributed by atoms with van der Waals surface area (Å²) in [7, 11) is 1.64. The number of ketones is 1. The molecule has 12 heteroatoms. The van der Waals surface area contributed by atoms with Crippen molar-refractivity contribution in [2.75, 3.05) is 49.5 Å². The van der Waals surface area contributed by atoms with Crippen LogP contribution in [0.4, 0.5) is 17.8 Å². The standard InChI is InChI=1S/C29H37N9O3/c1-41-24-11-9-22(10-12-24)16-31-28-33-27(34-29(35-28)36-38-18-25(32-20-38)26(40)19-39)30-15-21-5-7-23(8-6-21)17-37-13-3-2-4-14-37/h5-12,19,25,32H,2-4,13-18,20H2,1H3,(H3,30,31,33,34,35,36). The highest BCUT2D eigenvalue weighted by atomic mass is 16.5. The van der Waals surface area contributed by atoms with Crippen LogP contribution in [0.1, 0.15) is 36.0 Å². The van der Waals surface area contributed by atoms with Gasteiger partial charge < -0.3 is 15.4 Å². The maximum atomic E-state index is 11.8. The molecular weight excluding hydrogens is 522 g/mol. The zero-order valence-electron chi connectivity index (χ0n) is 23.3. The highest BCUT2D eigenvalue weighted by molar-refractivity contribution is 6.27. The fraction of sp³-hybridized carbons (Fsp3) is 0.414. The van der Waals surface area contributed by atoms with Gasteiger partial charge >= 0.3 is 0 Å². The Kier molecular flexibility index (Phi) is 9.68. The fourth-order valence-electron chi connectivity index (χ4n) is 4.90. The van der Waals surface area contributed by atoms with E-state index in [0.717, 1.165) is 23.4 Å². The molecule has 2 fully saturated rings. The molecule has 1 unspecified atom stereocenters. The van der Waals surface area contributed by atoms with Crippen molar-refractivity contribution in [1.82, 2.24) is 30.2 Å². The second-order valence-corrected chi connectivity index (χ2v) is 10.3. The first-order valence-electron chi connectivity index (χ1n) is 14.0. The molecule has 0 amide bonds. The number of piperidine rings is 1. The third kappa shape index (κ3) is 8.19. The molecule has 5 rings (SSSR count). The predicted octanol–water partition coefficient (Wildman–Crippen LogP) is 2.42. The van der Waals surface area contributed by atoms with Gasteiger partial charge in [-0.2, -0.15) is 15.0 Å². The average Bonchev–Trinajstić information content (AvgIpc) is 3.48. The molecule has 4 N–H and O–H groups in total. The number of hydrogen-bond donors (Lipinski definition) is 4. The number of hydrazine groups is 1. The molecule has 0 radical (unpaired) electrons. The minimum Gasteiger partial charge on any atom is -0.497 e. The maximum absolute atomic E-state index is 11.8. The van der Waals surface area contributed by atoms with Crippen molar-refractivity contribution in [2.45, 2.75) is 44.9 Å². The number of hydrogen-bond acceptors (Lipinski definition) is 12. The number of carbonyl (C=O) groups is 2. The quantitative estimate of drug-likeness (QED) is 0.181. The number of likely N-dealkylation sites (tertiary alicyclic amines) is 1. The van der Waals surface area contributed by atoms with Gasteiger partial charge in [0.15, 0.2) is 6.29 Å². The van der Waals surface area contributed by atoms with E-state index in [0.29, 0.717) is 50.4 Å². The van der Waals surface area contributed by atoms with Crippen molar-refractivity contribution in [3.05, 3.63) is 65.2 Å². The Hall–Kier alpha value is -4.13. The van der Waals surface area contributed by atoms with Crippen LogP contribution >= 0.6 is 0 Å². The van der Waals surface area contributed by atoms with Crippen LogP contribution in [0, 0.1) is 0 Å². The second kappa shape index (κ2) is 14.0. The van der Waals surface area contributed by atoms with Crippen molar-refractivity contribution < 1.29 is 14.3 Å². The smallest absolute Gasteiger partial charge is 0.244 e. The Morgan fingerprint density at radius 1 is 0.902 bits per heavy atom. The number of Topliss-reactive ketones (excluding diaryl/α,β-unsaturated/α-hetero) is 1. The zero-order valence-corrected chi connectivity index (χ0v) is 23.3. The van der Waals surface area contributed by atoms with Gasteiger partial charge in [0.25, 0.3) is 0 Å². The van der Waals surface area contributed by atoms with Gasteiger partial charge in [-0.15, -0.1) is 0 Å². The van der Waals surface area contributed by atoms with Gasteiger partial charge in [0.05, 0.1) is 19.8 Å². The molecule has 2 aromatic carbocycles. The van der Waals surface area contributed by atoms with E-state index < -0.39 is 11.8 Å². The lowest BCUT2D eigenvalue weighted by Gasteiger charge is -2.26. The van der Waals surface area contributed by atoms with E-state index in [4.69, 9.17) is 4.74 Å². The number of methoxy groups -OCH3 is 1. The molecule has 0 saturated carbocycles. The monoisotopic (exact) mass is 559 g/mol. The van der Waals surface area contributed by atoms with Gasteiger partial charge in [0.2, 0.25) is 23.6 Å². The van der Waals surface area contributed by atoms with E-state index in [-0.39, 0.29) is 0 Å². The summed E-state index contributed by atoms with van der Waals surface area (Å²) in [6.45, 7) is 5.07. The molecule has 41 heavy (non-hydrogen) atoms. The second-order valence-electron chi connectivity index (χ2n) is 10.3. The van der Waals surface area contributed by atoms with Gasteiger partial charge in [-0.3, -0.25) is 25.2 Å². The van der Waals surface area contributed by atoms with Gasteiger partial charge in [-0.05, 0) is 54.8 Å². The lowest BCUT2D eigenvalue weighted by molar-refractivity contribution is -0.130. The molecule has 0 spiro atoms. The first-order chi connectivity index (χ1) is 20.1. The van der Waals surface area contributed by atoms with Crippen LogP contribution in [0.15, 0.2) is 48.5 Å². The Morgan fingerprint density at radius 3 is 2.10 bits per heavy atom. The zero-order chi connectivity index (χ0) is 28.4. The first kappa shape index (κ1) is 28.4. The van der Waals surface area contributed by atoms with E-state index in [1.807, 2.05) is 24.3 Å². The van der Waals surface area contributed by atoms with Crippen LogP contribution in [0.2, 0.25) is 0 Å². The molecule has 3 heterocycles. The lowest BCUT2D eigenvalue weighted by atomic mass is 10.1. The summed E-state index contributed by atoms with van der Waals surface area (Å²) in [4.78, 5) is 38.8. The molecule has 0 bridgehead atoms. The molecule has 2 aliphatic heterocycles. The van der Waals surface area contributed by atoms with Crippen LogP contribution in [-0.4, -0.2) is 76.4 Å². The third-order valence-corrected chi connectivity index (χ3v) is 7.22. The summed E-state index contributed by atoms with van der Waals surface area (Å²) in [5, 5.41) is 11.3. The average molecular weight is 560 g/mol. The van der Waals surface area contributed by atoms with Crippen molar-refractivity contribution in [1.29, 1.82) is 0 Å². The third-order valence-electron chi connectivity index (χ3n) is 7.22. The normalized spacial score (nSPS) is 17.6. The summed E-state index contributed by atoms with van der Waals surface area (Å²) < 4.78 is 5.24. The summed E-state index contributed by atoms with van der Waals surface area (Å²) in [6, 6.07) is 15.8. The topological polar surface area (TPSA) is 137 Å². The van der Waals surface area contributed by atoms with E-state index in [9.17, 15) is 9.59 Å². The lowest BCUT2D eigenvalue weighted by Crippen LogP contribution is -2.34. The predicted molar refractivity (Wildman–Crippen MR) is 156 cm³/mol. The number of carbonyl (C=O) groups excluding carboxylic acids is 2. The maximum Gasteiger partial charge on any atom is 0.244 e. The Bertz CT molecular complexity index is 1300. The van der Waals surface area contributed by atoms with Crippen molar-refractivity contribution in [3.8, 4) is 5.75 Å². The van der Waals surface area contributed by atoms with Crippen LogP contribution in [0.5, 0.6) is 5.75 Å². The Morgan fingerprint density at radius 2 is 1.49 bits per heavy atom. The van der Waals surface area contributed by atoms with Crippen LogP contribution in [0.25, 0.3) is 0 Å². The van der Waals surface area contributed by atoms with Crippen molar-refractivity contribution >= 4 is 29.9 Å². The molecule has 2 saturated heterocycles. The van der Waals surface area contributed by atoms with Crippen molar-refractivity contribution in [3.63, 3.8) is 0 Å². The first-order valence-corrected chi connectivity index (χ1v) is 14.0. The summed E-state index contributed by atoms with van der Waals surface area (Å²) >= 11 is 0. The molecular formula is C29H37N9O3. The number of nitrogens with zero attached hydrogens (tertiary/aromatic N) is 5. The highest BCUT2D eigenvalue weighted by Gasteiger charge is 2.27. The summed E-state index contributed by atoms with van der Waals surface area (Å²) in [5.74, 6) is 1.42. The molecule has 216 valence electrons. The molecule has 0 aliphatic carbocycles. The summed E-state index contributed by atoms with van der Waals surface area (Å²) in [5.41, 5.74) is 6.61. The fourth-order valence-corrected chi connectivity index (χ4v) is 4.90. The van der Waals surface area contributed by atoms with Crippen LogP contribution < -0.4 is 26.1 Å². The van der Waals surface area contributed by atoms with Gasteiger partial charge in [0, 0.05) is 26.2 Å². The van der Waals surface area contributed by atoms with E-state index in [2.05, 4.69) is 65.5 Å². The number of rotatable bonds is 13. The van der Waals surface area contributed by atoms with Gasteiger partial charge in [-0.25, -0.2) is 5.01 Å². The largest absolute Gasteiger partial charge is 0.497 e. The Balaban J connectivity index is 1.24. The minimum atomic E-state index is -0.565. The van der Waals surface area contributed by atoms with Crippen LogP contribution in [0.3, 0.4) is 0 Å². The van der Waals surface area contributed by atoms with Gasteiger partial charge in [-0.1, -0.05) is 42.8 Å². The van der Waals surface area contributed by atoms with Crippen LogP contribution in [-0.2, 0) is 29.2 Å². The SMILES string of the molecule is COc1ccc(CNc2nc(NCc3ccc(CN4CCCCC4)cc3)nc(NN3CNC(C(=O)C=O)C3)n2)cc1. The van der Waals surface area contributed by atoms with E-state index >= 15 is 0 Å². The van der Waals surface area contributed by atoms with E-state index in [1.54, 1.807) is 12.1 Å².